The Bertz CT molecular complexity index is 540. The van der Waals surface area contributed by atoms with E-state index in [0.29, 0.717) is 33.1 Å². The van der Waals surface area contributed by atoms with Crippen LogP contribution < -0.4 is 11.5 Å². The molecule has 2 aromatic rings. The molecule has 2 rings (SSSR count). The van der Waals surface area contributed by atoms with Crippen molar-refractivity contribution in [1.29, 1.82) is 0 Å². The quantitative estimate of drug-likeness (QED) is 0.524. The number of nitrogens with zero attached hydrogens (tertiary/aromatic N) is 6. The Balaban J connectivity index is 1.85. The van der Waals surface area contributed by atoms with Gasteiger partial charge in [0.1, 0.15) is 10.0 Å². The average Bonchev–Trinajstić information content (AvgIpc) is 2.98. The van der Waals surface area contributed by atoms with Crippen LogP contribution in [0.2, 0.25) is 0 Å². The van der Waals surface area contributed by atoms with E-state index in [1.807, 2.05) is 0 Å². The van der Waals surface area contributed by atoms with E-state index in [4.69, 9.17) is 11.5 Å². The number of hydrogen-bond donors (Lipinski definition) is 2. The van der Waals surface area contributed by atoms with Crippen LogP contribution in [-0.2, 0) is 12.8 Å². The molecule has 12 heteroatoms. The van der Waals surface area contributed by atoms with Crippen LogP contribution in [0, 0.1) is 10.1 Å². The van der Waals surface area contributed by atoms with E-state index in [1.54, 1.807) is 0 Å². The maximum atomic E-state index is 11.0. The Morgan fingerprint density at radius 2 is 1.45 bits per heavy atom. The lowest BCUT2D eigenvalue weighted by Crippen LogP contribution is -2.33. The minimum atomic E-state index is -0.436. The van der Waals surface area contributed by atoms with Gasteiger partial charge in [-0.05, 0) is 0 Å². The van der Waals surface area contributed by atoms with E-state index in [9.17, 15) is 10.1 Å². The second-order valence-corrected chi connectivity index (χ2v) is 5.95. The fraction of sp³-hybridized carbons (Fsp3) is 0.500. The number of nitrogens with two attached hydrogens (primary N) is 2. The molecule has 0 radical (unpaired) electrons. The Morgan fingerprint density at radius 3 is 1.75 bits per heavy atom. The number of aromatic nitrogens is 4. The van der Waals surface area contributed by atoms with Crippen LogP contribution in [0.3, 0.4) is 0 Å². The van der Waals surface area contributed by atoms with E-state index in [0.717, 1.165) is 5.01 Å². The Hall–Kier alpha value is -2.08. The Labute approximate surface area is 121 Å². The molecule has 0 atom stereocenters. The third kappa shape index (κ3) is 3.96. The summed E-state index contributed by atoms with van der Waals surface area (Å²) in [7, 11) is 0. The van der Waals surface area contributed by atoms with Gasteiger partial charge in [-0.2, -0.15) is 0 Å². The van der Waals surface area contributed by atoms with Gasteiger partial charge < -0.3 is 11.5 Å². The van der Waals surface area contributed by atoms with E-state index in [-0.39, 0.29) is 13.1 Å². The number of rotatable bonds is 7. The van der Waals surface area contributed by atoms with Crippen molar-refractivity contribution in [2.24, 2.45) is 0 Å². The molecule has 0 amide bonds. The highest BCUT2D eigenvalue weighted by atomic mass is 32.1. The highest BCUT2D eigenvalue weighted by Gasteiger charge is 2.16. The van der Waals surface area contributed by atoms with Crippen molar-refractivity contribution in [2.75, 3.05) is 24.6 Å². The zero-order valence-electron chi connectivity index (χ0n) is 10.3. The third-order valence-corrected chi connectivity index (χ3v) is 3.99. The van der Waals surface area contributed by atoms with Gasteiger partial charge in [0.25, 0.3) is 0 Å². The van der Waals surface area contributed by atoms with Gasteiger partial charge in [-0.1, -0.05) is 22.7 Å². The molecule has 4 N–H and O–H groups in total. The zero-order valence-corrected chi connectivity index (χ0v) is 11.9. The van der Waals surface area contributed by atoms with Crippen molar-refractivity contribution < 1.29 is 5.03 Å². The molecule has 0 fully saturated rings. The number of hydrogen-bond acceptors (Lipinski definition) is 10. The SMILES string of the molecule is Nc1nnc(CCN(CCc2nnc(N)s2)[N+](=O)[O-])s1. The summed E-state index contributed by atoms with van der Waals surface area (Å²) in [6.45, 7) is 0.464. The minimum Gasteiger partial charge on any atom is -0.374 e. The summed E-state index contributed by atoms with van der Waals surface area (Å²) in [4.78, 5) is 11.0. The predicted octanol–water partition coefficient (Wildman–Crippen LogP) is -0.167. The molecule has 0 aliphatic rings. The smallest absolute Gasteiger partial charge is 0.203 e. The van der Waals surface area contributed by atoms with Crippen molar-refractivity contribution in [3.8, 4) is 0 Å². The zero-order chi connectivity index (χ0) is 14.5. The topological polar surface area (TPSA) is 150 Å². The predicted molar refractivity (Wildman–Crippen MR) is 74.6 cm³/mol. The van der Waals surface area contributed by atoms with Gasteiger partial charge in [0, 0.05) is 12.8 Å². The van der Waals surface area contributed by atoms with Gasteiger partial charge in [0.05, 0.1) is 13.1 Å². The van der Waals surface area contributed by atoms with Gasteiger partial charge in [0.15, 0.2) is 5.03 Å². The van der Waals surface area contributed by atoms with Crippen LogP contribution in [0.5, 0.6) is 0 Å². The number of hydrazine groups is 1. The van der Waals surface area contributed by atoms with Crippen LogP contribution in [0.15, 0.2) is 0 Å². The van der Waals surface area contributed by atoms with Crippen molar-refractivity contribution in [3.05, 3.63) is 20.1 Å². The summed E-state index contributed by atoms with van der Waals surface area (Å²) >= 11 is 2.46. The fourth-order valence-electron chi connectivity index (χ4n) is 1.46. The number of nitro groups is 1. The first-order valence-corrected chi connectivity index (χ1v) is 7.23. The van der Waals surface area contributed by atoms with E-state index >= 15 is 0 Å². The molecule has 0 saturated heterocycles. The summed E-state index contributed by atoms with van der Waals surface area (Å²) < 4.78 is 0. The lowest BCUT2D eigenvalue weighted by atomic mass is 10.4. The average molecular weight is 316 g/mol. The van der Waals surface area contributed by atoms with Crippen LogP contribution in [0.1, 0.15) is 10.0 Å². The summed E-state index contributed by atoms with van der Waals surface area (Å²) in [5.41, 5.74) is 10.9. The molecule has 0 spiro atoms. The molecule has 2 aromatic heterocycles. The molecule has 108 valence electrons. The van der Waals surface area contributed by atoms with Crippen molar-refractivity contribution in [1.82, 2.24) is 25.4 Å². The fourth-order valence-corrected chi connectivity index (χ4v) is 2.66. The molecule has 10 nitrogen and oxygen atoms in total. The van der Waals surface area contributed by atoms with E-state index in [1.165, 1.54) is 22.7 Å². The van der Waals surface area contributed by atoms with Crippen LogP contribution in [-0.4, -0.2) is 43.5 Å². The molecule has 0 saturated carbocycles. The molecule has 0 unspecified atom stereocenters. The molecule has 0 aliphatic carbocycles. The monoisotopic (exact) mass is 316 g/mol. The minimum absolute atomic E-state index is 0.232. The maximum absolute atomic E-state index is 11.0. The van der Waals surface area contributed by atoms with Crippen LogP contribution >= 0.6 is 22.7 Å². The van der Waals surface area contributed by atoms with Gasteiger partial charge in [-0.25, -0.2) is 10.1 Å². The van der Waals surface area contributed by atoms with Gasteiger partial charge in [0.2, 0.25) is 10.3 Å². The first kappa shape index (κ1) is 14.3. The second kappa shape index (κ2) is 6.38. The molecule has 0 aromatic carbocycles. The third-order valence-electron chi connectivity index (χ3n) is 2.36. The molecule has 0 aliphatic heterocycles. The second-order valence-electron chi connectivity index (χ2n) is 3.76. The largest absolute Gasteiger partial charge is 0.374 e. The first-order chi connectivity index (χ1) is 9.54. The lowest BCUT2D eigenvalue weighted by molar-refractivity contribution is -0.655. The van der Waals surface area contributed by atoms with Crippen LogP contribution in [0.4, 0.5) is 10.3 Å². The van der Waals surface area contributed by atoms with Crippen molar-refractivity contribution >= 4 is 32.9 Å². The Kier molecular flexibility index (Phi) is 4.57. The Morgan fingerprint density at radius 1 is 1.00 bits per heavy atom. The lowest BCUT2D eigenvalue weighted by Gasteiger charge is -2.12. The molecule has 20 heavy (non-hydrogen) atoms. The first-order valence-electron chi connectivity index (χ1n) is 5.59. The van der Waals surface area contributed by atoms with Gasteiger partial charge >= 0.3 is 0 Å². The molecular formula is C8H12N8O2S2. The summed E-state index contributed by atoms with van der Waals surface area (Å²) in [6, 6.07) is 0. The number of nitrogen functional groups attached to an aromatic ring is 2. The van der Waals surface area contributed by atoms with Gasteiger partial charge in [-0.15, -0.1) is 25.4 Å². The standard InChI is InChI=1S/C8H12N8O2S2/c9-7-13-11-5(19-7)1-3-15(16(17)18)4-2-6-12-14-8(10)20-6/h1-4H2,(H2,9,13)(H2,10,14). The van der Waals surface area contributed by atoms with Crippen molar-refractivity contribution in [2.45, 2.75) is 12.8 Å². The normalized spacial score (nSPS) is 10.6. The van der Waals surface area contributed by atoms with E-state index in [2.05, 4.69) is 20.4 Å². The van der Waals surface area contributed by atoms with Crippen molar-refractivity contribution in [3.63, 3.8) is 0 Å². The maximum Gasteiger partial charge on any atom is 0.203 e. The molecule has 2 heterocycles. The summed E-state index contributed by atoms with van der Waals surface area (Å²) in [5, 5.41) is 28.7. The van der Waals surface area contributed by atoms with Gasteiger partial charge in [-0.3, -0.25) is 0 Å². The number of anilines is 2. The molecular weight excluding hydrogens is 304 g/mol. The highest BCUT2D eigenvalue weighted by molar-refractivity contribution is 7.15. The summed E-state index contributed by atoms with van der Waals surface area (Å²) in [6.07, 6.45) is 0.849. The van der Waals surface area contributed by atoms with E-state index < -0.39 is 5.03 Å². The highest BCUT2D eigenvalue weighted by Crippen LogP contribution is 2.14. The molecule has 0 bridgehead atoms. The summed E-state index contributed by atoms with van der Waals surface area (Å²) in [5.74, 6) is 0. The van der Waals surface area contributed by atoms with Crippen LogP contribution in [0.25, 0.3) is 0 Å².